The fourth-order valence-corrected chi connectivity index (χ4v) is 2.19. The molecule has 22 heavy (non-hydrogen) atoms. The number of carbonyl (C=O) groups excluding carboxylic acids is 1. The molecule has 0 aliphatic rings. The molecule has 0 saturated carbocycles. The van der Waals surface area contributed by atoms with Gasteiger partial charge in [-0.25, -0.2) is 0 Å². The van der Waals surface area contributed by atoms with Gasteiger partial charge < -0.3 is 5.32 Å². The SMILES string of the molecule is Cc1nn(CCC(=O)Nc2ccccc2C(F)(F)F)cc1Br. The fraction of sp³-hybridized carbons (Fsp3) is 0.286. The number of nitrogens with zero attached hydrogens (tertiary/aromatic N) is 2. The maximum Gasteiger partial charge on any atom is 0.418 e. The summed E-state index contributed by atoms with van der Waals surface area (Å²) in [4.78, 5) is 11.8. The minimum atomic E-state index is -4.51. The zero-order valence-corrected chi connectivity index (χ0v) is 13.2. The Morgan fingerprint density at radius 3 is 2.64 bits per heavy atom. The molecule has 0 unspecified atom stereocenters. The Balaban J connectivity index is 2.01. The Morgan fingerprint density at radius 1 is 1.36 bits per heavy atom. The van der Waals surface area contributed by atoms with E-state index < -0.39 is 17.6 Å². The molecule has 1 N–H and O–H groups in total. The van der Waals surface area contributed by atoms with Gasteiger partial charge in [0, 0.05) is 19.2 Å². The Bertz CT molecular complexity index is 663. The zero-order chi connectivity index (χ0) is 16.3. The molecule has 118 valence electrons. The predicted octanol–water partition coefficient (Wildman–Crippen LogP) is 4.00. The van der Waals surface area contributed by atoms with Crippen molar-refractivity contribution in [3.05, 3.63) is 46.2 Å². The van der Waals surface area contributed by atoms with E-state index >= 15 is 0 Å². The third kappa shape index (κ3) is 4.09. The molecule has 1 amide bonds. The largest absolute Gasteiger partial charge is 0.418 e. The molecule has 8 heteroatoms. The van der Waals surface area contributed by atoms with E-state index in [-0.39, 0.29) is 18.7 Å². The summed E-state index contributed by atoms with van der Waals surface area (Å²) in [6, 6.07) is 4.89. The first-order valence-electron chi connectivity index (χ1n) is 6.43. The Labute approximate surface area is 133 Å². The number of carbonyl (C=O) groups is 1. The molecule has 4 nitrogen and oxygen atoms in total. The van der Waals surface area contributed by atoms with Crippen LogP contribution in [-0.4, -0.2) is 15.7 Å². The fourth-order valence-electron chi connectivity index (χ4n) is 1.88. The predicted molar refractivity (Wildman–Crippen MR) is 79.4 cm³/mol. The number of nitrogens with one attached hydrogen (secondary N) is 1. The van der Waals surface area contributed by atoms with Gasteiger partial charge in [0.05, 0.1) is 21.4 Å². The lowest BCUT2D eigenvalue weighted by Gasteiger charge is -2.13. The molecular weight excluding hydrogens is 363 g/mol. The number of anilines is 1. The molecule has 2 rings (SSSR count). The van der Waals surface area contributed by atoms with Gasteiger partial charge in [0.1, 0.15) is 0 Å². The van der Waals surface area contributed by atoms with Crippen molar-refractivity contribution in [3.8, 4) is 0 Å². The average molecular weight is 376 g/mol. The van der Waals surface area contributed by atoms with Crippen LogP contribution in [0.3, 0.4) is 0 Å². The van der Waals surface area contributed by atoms with Gasteiger partial charge >= 0.3 is 6.18 Å². The van der Waals surface area contributed by atoms with Crippen molar-refractivity contribution >= 4 is 27.5 Å². The van der Waals surface area contributed by atoms with Crippen molar-refractivity contribution in [2.24, 2.45) is 0 Å². The van der Waals surface area contributed by atoms with Gasteiger partial charge in [-0.2, -0.15) is 18.3 Å². The molecule has 0 atom stereocenters. The number of amides is 1. The number of benzene rings is 1. The number of hydrogen-bond donors (Lipinski definition) is 1. The van der Waals surface area contributed by atoms with E-state index in [4.69, 9.17) is 0 Å². The highest BCUT2D eigenvalue weighted by Crippen LogP contribution is 2.34. The first-order valence-corrected chi connectivity index (χ1v) is 7.22. The van der Waals surface area contributed by atoms with Crippen molar-refractivity contribution in [1.82, 2.24) is 9.78 Å². The molecule has 0 fully saturated rings. The van der Waals surface area contributed by atoms with Gasteiger partial charge in [0.2, 0.25) is 5.91 Å². The number of hydrogen-bond acceptors (Lipinski definition) is 2. The topological polar surface area (TPSA) is 46.9 Å². The number of alkyl halides is 3. The number of rotatable bonds is 4. The van der Waals surface area contributed by atoms with Gasteiger partial charge in [-0.3, -0.25) is 9.48 Å². The van der Waals surface area contributed by atoms with Crippen LogP contribution in [0.1, 0.15) is 17.7 Å². The molecule has 0 saturated heterocycles. The van der Waals surface area contributed by atoms with Crippen LogP contribution in [-0.2, 0) is 17.5 Å². The van der Waals surface area contributed by atoms with Crippen LogP contribution in [0.4, 0.5) is 18.9 Å². The van der Waals surface area contributed by atoms with Crippen LogP contribution in [0.2, 0.25) is 0 Å². The van der Waals surface area contributed by atoms with E-state index in [1.54, 1.807) is 17.8 Å². The number of aryl methyl sites for hydroxylation is 2. The molecule has 2 aromatic rings. The van der Waals surface area contributed by atoms with Gasteiger partial charge in [-0.15, -0.1) is 0 Å². The summed E-state index contributed by atoms with van der Waals surface area (Å²) in [7, 11) is 0. The van der Waals surface area contributed by atoms with Crippen molar-refractivity contribution in [2.45, 2.75) is 26.1 Å². The van der Waals surface area contributed by atoms with Gasteiger partial charge in [0.25, 0.3) is 0 Å². The summed E-state index contributed by atoms with van der Waals surface area (Å²) >= 11 is 3.30. The molecular formula is C14H13BrF3N3O. The summed E-state index contributed by atoms with van der Waals surface area (Å²) in [5.41, 5.74) is -0.318. The Morgan fingerprint density at radius 2 is 2.05 bits per heavy atom. The van der Waals surface area contributed by atoms with Crippen molar-refractivity contribution in [3.63, 3.8) is 0 Å². The summed E-state index contributed by atoms with van der Waals surface area (Å²) in [5, 5.41) is 6.45. The molecule has 1 heterocycles. The second-order valence-electron chi connectivity index (χ2n) is 4.67. The second kappa shape index (κ2) is 6.51. The van der Waals surface area contributed by atoms with Crippen LogP contribution < -0.4 is 5.32 Å². The molecule has 0 bridgehead atoms. The highest BCUT2D eigenvalue weighted by Gasteiger charge is 2.33. The first-order chi connectivity index (χ1) is 10.3. The van der Waals surface area contributed by atoms with Crippen LogP contribution in [0.25, 0.3) is 0 Å². The van der Waals surface area contributed by atoms with Crippen LogP contribution in [0.5, 0.6) is 0 Å². The van der Waals surface area contributed by atoms with Gasteiger partial charge in [-0.05, 0) is 35.0 Å². The van der Waals surface area contributed by atoms with Crippen LogP contribution in [0.15, 0.2) is 34.9 Å². The van der Waals surface area contributed by atoms with Crippen molar-refractivity contribution in [1.29, 1.82) is 0 Å². The summed E-state index contributed by atoms with van der Waals surface area (Å²) < 4.78 is 40.9. The first kappa shape index (κ1) is 16.5. The lowest BCUT2D eigenvalue weighted by molar-refractivity contribution is -0.137. The van der Waals surface area contributed by atoms with Gasteiger partial charge in [0.15, 0.2) is 0 Å². The van der Waals surface area contributed by atoms with E-state index in [2.05, 4.69) is 26.3 Å². The number of para-hydroxylation sites is 1. The smallest absolute Gasteiger partial charge is 0.325 e. The minimum Gasteiger partial charge on any atom is -0.325 e. The standard InChI is InChI=1S/C14H13BrF3N3O/c1-9-11(15)8-21(20-9)7-6-13(22)19-12-5-3-2-4-10(12)14(16,17)18/h2-5,8H,6-7H2,1H3,(H,19,22). The highest BCUT2D eigenvalue weighted by atomic mass is 79.9. The average Bonchev–Trinajstić information content (AvgIpc) is 2.75. The summed E-state index contributed by atoms with van der Waals surface area (Å²) in [6.45, 7) is 2.09. The van der Waals surface area contributed by atoms with E-state index in [1.807, 2.05) is 0 Å². The van der Waals surface area contributed by atoms with Crippen molar-refractivity contribution in [2.75, 3.05) is 5.32 Å². The third-order valence-corrected chi connectivity index (χ3v) is 3.74. The molecule has 0 aliphatic carbocycles. The number of halogens is 4. The normalized spacial score (nSPS) is 11.5. The lowest BCUT2D eigenvalue weighted by atomic mass is 10.1. The van der Waals surface area contributed by atoms with Gasteiger partial charge in [-0.1, -0.05) is 12.1 Å². The summed E-state index contributed by atoms with van der Waals surface area (Å²) in [6.07, 6.45) is -2.76. The highest BCUT2D eigenvalue weighted by molar-refractivity contribution is 9.10. The Kier molecular flexibility index (Phi) is 4.90. The third-order valence-electron chi connectivity index (χ3n) is 2.96. The molecule has 0 spiro atoms. The van der Waals surface area contributed by atoms with Crippen LogP contribution in [0, 0.1) is 6.92 Å². The lowest BCUT2D eigenvalue weighted by Crippen LogP contribution is -2.18. The monoisotopic (exact) mass is 375 g/mol. The maximum absolute atomic E-state index is 12.8. The molecule has 1 aromatic carbocycles. The molecule has 1 aromatic heterocycles. The van der Waals surface area contributed by atoms with E-state index in [1.165, 1.54) is 18.2 Å². The quantitative estimate of drug-likeness (QED) is 0.877. The maximum atomic E-state index is 12.8. The second-order valence-corrected chi connectivity index (χ2v) is 5.52. The van der Waals surface area contributed by atoms with E-state index in [0.29, 0.717) is 0 Å². The van der Waals surface area contributed by atoms with Crippen LogP contribution >= 0.6 is 15.9 Å². The molecule has 0 radical (unpaired) electrons. The molecule has 0 aliphatic heterocycles. The summed E-state index contributed by atoms with van der Waals surface area (Å²) in [5.74, 6) is -0.499. The van der Waals surface area contributed by atoms with E-state index in [9.17, 15) is 18.0 Å². The minimum absolute atomic E-state index is 0.0275. The Hall–Kier alpha value is -1.83. The van der Waals surface area contributed by atoms with E-state index in [0.717, 1.165) is 16.2 Å². The van der Waals surface area contributed by atoms with Crippen molar-refractivity contribution < 1.29 is 18.0 Å². The number of aromatic nitrogens is 2. The zero-order valence-electron chi connectivity index (χ0n) is 11.6.